The minimum Gasteiger partial charge on any atom is -0.480 e. The highest BCUT2D eigenvalue weighted by molar-refractivity contribution is 5.66. The average Bonchev–Trinajstić information content (AvgIpc) is 2.17. The van der Waals surface area contributed by atoms with Gasteiger partial charge in [0.05, 0.1) is 0 Å². The highest BCUT2D eigenvalue weighted by Gasteiger charge is 2.08. The number of aromatic nitrogens is 2. The molecule has 0 spiro atoms. The van der Waals surface area contributed by atoms with E-state index in [1.807, 2.05) is 0 Å². The number of hydrogen-bond donors (Lipinski definition) is 2. The summed E-state index contributed by atoms with van der Waals surface area (Å²) in [6, 6.07) is 0. The first-order valence-electron chi connectivity index (χ1n) is 3.50. The van der Waals surface area contributed by atoms with Crippen LogP contribution in [0.5, 0.6) is 0 Å². The van der Waals surface area contributed by atoms with Gasteiger partial charge in [0.1, 0.15) is 6.54 Å². The summed E-state index contributed by atoms with van der Waals surface area (Å²) in [6.45, 7) is 3.08. The molecule has 0 saturated carbocycles. The normalized spacial score (nSPS) is 10.2. The van der Waals surface area contributed by atoms with E-state index in [9.17, 15) is 9.59 Å². The lowest BCUT2D eigenvalue weighted by Crippen LogP contribution is -2.22. The molecule has 1 aromatic heterocycles. The minimum absolute atomic E-state index is 0.269. The lowest BCUT2D eigenvalue weighted by molar-refractivity contribution is -0.137. The Morgan fingerprint density at radius 3 is 2.50 bits per heavy atom. The van der Waals surface area contributed by atoms with E-state index in [1.165, 1.54) is 0 Å². The molecular weight excluding hydrogens is 160 g/mol. The second-order valence-electron chi connectivity index (χ2n) is 2.65. The Hall–Kier alpha value is -1.52. The first-order valence-corrected chi connectivity index (χ1v) is 3.50. The molecule has 5 nitrogen and oxygen atoms in total. The molecule has 5 heteroatoms. The lowest BCUT2D eigenvalue weighted by Gasteiger charge is -1.93. The number of H-pyrrole nitrogens is 1. The second kappa shape index (κ2) is 2.84. The predicted octanol–water partition coefficient (Wildman–Crippen LogP) is -0.122. The number of aryl methyl sites for hydroxylation is 1. The van der Waals surface area contributed by atoms with Crippen LogP contribution in [0.15, 0.2) is 4.79 Å². The van der Waals surface area contributed by atoms with E-state index < -0.39 is 5.97 Å². The highest BCUT2D eigenvalue weighted by Crippen LogP contribution is 1.95. The summed E-state index contributed by atoms with van der Waals surface area (Å²) in [5.74, 6) is -1.03. The van der Waals surface area contributed by atoms with Crippen molar-refractivity contribution in [1.82, 2.24) is 9.78 Å². The molecule has 12 heavy (non-hydrogen) atoms. The Labute approximate surface area is 68.6 Å². The standard InChI is InChI=1S/C7H10N2O3/c1-4-5(2)8-9(7(4)12)3-6(10)11/h8H,3H2,1-2H3,(H,10,11). The number of hydrogen-bond acceptors (Lipinski definition) is 2. The molecule has 0 bridgehead atoms. The van der Waals surface area contributed by atoms with Crippen molar-refractivity contribution in [3.63, 3.8) is 0 Å². The van der Waals surface area contributed by atoms with Crippen LogP contribution in [0.25, 0.3) is 0 Å². The molecular formula is C7H10N2O3. The molecule has 1 heterocycles. The third-order valence-corrected chi connectivity index (χ3v) is 1.72. The maximum atomic E-state index is 11.2. The van der Waals surface area contributed by atoms with Crippen molar-refractivity contribution in [1.29, 1.82) is 0 Å². The molecule has 0 aliphatic carbocycles. The predicted molar refractivity (Wildman–Crippen MR) is 42.2 cm³/mol. The summed E-state index contributed by atoms with van der Waals surface area (Å²) in [7, 11) is 0. The number of aromatic amines is 1. The van der Waals surface area contributed by atoms with Gasteiger partial charge in [0.25, 0.3) is 5.56 Å². The third kappa shape index (κ3) is 1.39. The van der Waals surface area contributed by atoms with Crippen molar-refractivity contribution in [2.24, 2.45) is 0 Å². The van der Waals surface area contributed by atoms with Gasteiger partial charge in [-0.25, -0.2) is 4.68 Å². The van der Waals surface area contributed by atoms with Crippen LogP contribution in [-0.4, -0.2) is 20.9 Å². The van der Waals surface area contributed by atoms with E-state index in [1.54, 1.807) is 13.8 Å². The van der Waals surface area contributed by atoms with E-state index >= 15 is 0 Å². The summed E-state index contributed by atoms with van der Waals surface area (Å²) in [5.41, 5.74) is 1.01. The van der Waals surface area contributed by atoms with Crippen LogP contribution in [0.2, 0.25) is 0 Å². The van der Waals surface area contributed by atoms with Gasteiger partial charge in [-0.15, -0.1) is 0 Å². The van der Waals surface area contributed by atoms with E-state index in [0.29, 0.717) is 11.3 Å². The zero-order valence-electron chi connectivity index (χ0n) is 6.92. The van der Waals surface area contributed by atoms with E-state index in [-0.39, 0.29) is 12.1 Å². The fourth-order valence-corrected chi connectivity index (χ4v) is 0.946. The molecule has 0 aromatic carbocycles. The van der Waals surface area contributed by atoms with Gasteiger partial charge in [-0.1, -0.05) is 0 Å². The van der Waals surface area contributed by atoms with Gasteiger partial charge in [0.15, 0.2) is 0 Å². The molecule has 0 atom stereocenters. The topological polar surface area (TPSA) is 75.1 Å². The maximum Gasteiger partial charge on any atom is 0.325 e. The van der Waals surface area contributed by atoms with Crippen LogP contribution in [0.4, 0.5) is 0 Å². The molecule has 1 aromatic rings. The maximum absolute atomic E-state index is 11.2. The first-order chi connectivity index (χ1) is 5.52. The Balaban J connectivity index is 3.10. The van der Waals surface area contributed by atoms with Crippen LogP contribution in [0.3, 0.4) is 0 Å². The van der Waals surface area contributed by atoms with Gasteiger partial charge in [0, 0.05) is 11.3 Å². The van der Waals surface area contributed by atoms with Crippen molar-refractivity contribution >= 4 is 5.97 Å². The largest absolute Gasteiger partial charge is 0.480 e. The van der Waals surface area contributed by atoms with Crippen LogP contribution in [0, 0.1) is 13.8 Å². The number of nitrogens with one attached hydrogen (secondary N) is 1. The van der Waals surface area contributed by atoms with Crippen LogP contribution < -0.4 is 5.56 Å². The molecule has 0 amide bonds. The summed E-state index contributed by atoms with van der Waals surface area (Å²) in [4.78, 5) is 21.5. The number of nitrogens with zero attached hydrogens (tertiary/aromatic N) is 1. The molecule has 0 aliphatic rings. The second-order valence-corrected chi connectivity index (χ2v) is 2.65. The number of aliphatic carboxylic acids is 1. The monoisotopic (exact) mass is 170 g/mol. The third-order valence-electron chi connectivity index (χ3n) is 1.72. The van der Waals surface area contributed by atoms with Crippen LogP contribution >= 0.6 is 0 Å². The van der Waals surface area contributed by atoms with Crippen LogP contribution in [-0.2, 0) is 11.3 Å². The molecule has 0 aliphatic heterocycles. The smallest absolute Gasteiger partial charge is 0.325 e. The number of carboxylic acids is 1. The number of carboxylic acid groups (broad SMARTS) is 1. The average molecular weight is 170 g/mol. The van der Waals surface area contributed by atoms with Crippen LogP contribution in [0.1, 0.15) is 11.3 Å². The fourth-order valence-electron chi connectivity index (χ4n) is 0.946. The van der Waals surface area contributed by atoms with Crippen molar-refractivity contribution in [3.05, 3.63) is 21.6 Å². The van der Waals surface area contributed by atoms with Crippen molar-refractivity contribution in [2.75, 3.05) is 0 Å². The Bertz CT molecular complexity index is 361. The van der Waals surface area contributed by atoms with Gasteiger partial charge in [-0.3, -0.25) is 14.7 Å². The van der Waals surface area contributed by atoms with Crippen molar-refractivity contribution in [2.45, 2.75) is 20.4 Å². The van der Waals surface area contributed by atoms with E-state index in [4.69, 9.17) is 5.11 Å². The van der Waals surface area contributed by atoms with Gasteiger partial charge < -0.3 is 5.11 Å². The fraction of sp³-hybridized carbons (Fsp3) is 0.429. The SMILES string of the molecule is Cc1[nH]n(CC(=O)O)c(=O)c1C. The molecule has 0 unspecified atom stereocenters. The molecule has 0 radical (unpaired) electrons. The van der Waals surface area contributed by atoms with E-state index in [0.717, 1.165) is 4.68 Å². The molecule has 0 fully saturated rings. The molecule has 0 saturated heterocycles. The highest BCUT2D eigenvalue weighted by atomic mass is 16.4. The minimum atomic E-state index is -1.03. The summed E-state index contributed by atoms with van der Waals surface area (Å²) < 4.78 is 1.08. The quantitative estimate of drug-likeness (QED) is 0.649. The van der Waals surface area contributed by atoms with E-state index in [2.05, 4.69) is 5.10 Å². The van der Waals surface area contributed by atoms with Gasteiger partial charge in [-0.05, 0) is 13.8 Å². The van der Waals surface area contributed by atoms with Gasteiger partial charge in [-0.2, -0.15) is 0 Å². The van der Waals surface area contributed by atoms with Crippen molar-refractivity contribution in [3.8, 4) is 0 Å². The zero-order valence-corrected chi connectivity index (χ0v) is 6.92. The van der Waals surface area contributed by atoms with Crippen molar-refractivity contribution < 1.29 is 9.90 Å². The van der Waals surface area contributed by atoms with Gasteiger partial charge >= 0.3 is 5.97 Å². The number of carbonyl (C=O) groups is 1. The summed E-state index contributed by atoms with van der Waals surface area (Å²) >= 11 is 0. The first kappa shape index (κ1) is 8.58. The molecule has 2 N–H and O–H groups in total. The molecule has 1 rings (SSSR count). The summed E-state index contributed by atoms with van der Waals surface area (Å²) in [5, 5.41) is 11.1. The molecule has 66 valence electrons. The lowest BCUT2D eigenvalue weighted by atomic mass is 10.3. The Kier molecular flexibility index (Phi) is 2.03. The zero-order chi connectivity index (χ0) is 9.30. The van der Waals surface area contributed by atoms with Gasteiger partial charge in [0.2, 0.25) is 0 Å². The Morgan fingerprint density at radius 1 is 1.58 bits per heavy atom. The Morgan fingerprint density at radius 2 is 2.17 bits per heavy atom. The number of rotatable bonds is 2. The summed E-state index contributed by atoms with van der Waals surface area (Å²) in [6.07, 6.45) is 0.